The minimum atomic E-state index is 0.637. The number of fused-ring (bicyclic) bond motifs is 1. The molecular formula is C27H27BrN2O2. The number of methoxy groups -OCH3 is 1. The van der Waals surface area contributed by atoms with Crippen molar-refractivity contribution >= 4 is 33.0 Å². The normalized spacial score (nSPS) is 11.3. The molecule has 5 heteroatoms. The van der Waals surface area contributed by atoms with Gasteiger partial charge in [-0.2, -0.15) is 0 Å². The van der Waals surface area contributed by atoms with Crippen LogP contribution in [-0.4, -0.2) is 23.3 Å². The molecule has 0 atom stereocenters. The van der Waals surface area contributed by atoms with Gasteiger partial charge in [-0.3, -0.25) is 0 Å². The minimum Gasteiger partial charge on any atom is -0.493 e. The second kappa shape index (κ2) is 10.5. The molecule has 1 aromatic heterocycles. The Morgan fingerprint density at radius 1 is 0.969 bits per heavy atom. The van der Waals surface area contributed by atoms with Gasteiger partial charge in [0, 0.05) is 16.6 Å². The Hall–Kier alpha value is -3.05. The summed E-state index contributed by atoms with van der Waals surface area (Å²) in [6.07, 6.45) is 5.98. The number of ether oxygens (including phenoxy) is 2. The zero-order valence-corrected chi connectivity index (χ0v) is 20.0. The summed E-state index contributed by atoms with van der Waals surface area (Å²) in [4.78, 5) is 4.91. The summed E-state index contributed by atoms with van der Waals surface area (Å²) in [6, 6.07) is 22.6. The van der Waals surface area contributed by atoms with E-state index in [0.717, 1.165) is 63.3 Å². The van der Waals surface area contributed by atoms with Crippen molar-refractivity contribution in [2.24, 2.45) is 0 Å². The Morgan fingerprint density at radius 3 is 2.66 bits per heavy atom. The van der Waals surface area contributed by atoms with Crippen LogP contribution in [0.4, 0.5) is 0 Å². The third-order valence-corrected chi connectivity index (χ3v) is 5.81. The first-order chi connectivity index (χ1) is 15.7. The molecule has 0 spiro atoms. The Labute approximate surface area is 197 Å². The molecule has 0 saturated carbocycles. The van der Waals surface area contributed by atoms with Crippen molar-refractivity contribution in [2.75, 3.05) is 13.7 Å². The van der Waals surface area contributed by atoms with Gasteiger partial charge in [0.05, 0.1) is 24.8 Å². The number of rotatable bonds is 9. The number of nitrogens with zero attached hydrogens (tertiary/aromatic N) is 2. The first-order valence-corrected chi connectivity index (χ1v) is 11.6. The number of hydrogen-bond donors (Lipinski definition) is 0. The van der Waals surface area contributed by atoms with Gasteiger partial charge in [-0.1, -0.05) is 58.4 Å². The lowest BCUT2D eigenvalue weighted by Gasteiger charge is -2.12. The second-order valence-electron chi connectivity index (χ2n) is 7.55. The van der Waals surface area contributed by atoms with Crippen molar-refractivity contribution in [3.63, 3.8) is 0 Å². The van der Waals surface area contributed by atoms with Gasteiger partial charge in [-0.05, 0) is 61.7 Å². The molecule has 4 aromatic rings. The molecule has 3 aromatic carbocycles. The van der Waals surface area contributed by atoms with Gasteiger partial charge in [0.1, 0.15) is 5.82 Å². The number of halogens is 1. The number of unbranched alkanes of at least 4 members (excludes halogenated alkanes) is 1. The number of benzene rings is 3. The van der Waals surface area contributed by atoms with Crippen LogP contribution in [0.2, 0.25) is 0 Å². The quantitative estimate of drug-likeness (QED) is 0.230. The molecule has 4 rings (SSSR count). The van der Waals surface area contributed by atoms with E-state index in [1.54, 1.807) is 7.11 Å². The predicted molar refractivity (Wildman–Crippen MR) is 135 cm³/mol. The molecule has 32 heavy (non-hydrogen) atoms. The molecular weight excluding hydrogens is 464 g/mol. The van der Waals surface area contributed by atoms with Crippen LogP contribution in [0.25, 0.3) is 28.5 Å². The topological polar surface area (TPSA) is 36.3 Å². The average Bonchev–Trinajstić information content (AvgIpc) is 3.18. The van der Waals surface area contributed by atoms with Gasteiger partial charge in [-0.25, -0.2) is 4.98 Å². The smallest absolute Gasteiger partial charge is 0.161 e. The van der Waals surface area contributed by atoms with E-state index < -0.39 is 0 Å². The van der Waals surface area contributed by atoms with Crippen LogP contribution in [0.5, 0.6) is 11.5 Å². The summed E-state index contributed by atoms with van der Waals surface area (Å²) in [7, 11) is 1.68. The molecule has 0 saturated heterocycles. The van der Waals surface area contributed by atoms with Crippen molar-refractivity contribution in [1.82, 2.24) is 9.55 Å². The fourth-order valence-electron chi connectivity index (χ4n) is 3.80. The van der Waals surface area contributed by atoms with Crippen LogP contribution in [0.3, 0.4) is 0 Å². The average molecular weight is 491 g/mol. The highest BCUT2D eigenvalue weighted by atomic mass is 79.9. The SMILES string of the molecule is C/C=C/c1ccc(OCCCCn2c(-c3cccc(Br)c3)nc3ccccc32)c(OC)c1. The number of para-hydroxylation sites is 2. The van der Waals surface area contributed by atoms with Gasteiger partial charge in [0.2, 0.25) is 0 Å². The summed E-state index contributed by atoms with van der Waals surface area (Å²) in [5.41, 5.74) is 4.39. The standard InChI is InChI=1S/C27H27BrN2O2/c1-3-9-20-14-15-25(26(18-20)31-2)32-17-7-6-16-30-24-13-5-4-12-23(24)29-27(30)21-10-8-11-22(28)19-21/h3-5,8-15,18-19H,6-7,16-17H2,1-2H3/b9-3+. The molecule has 0 N–H and O–H groups in total. The van der Waals surface area contributed by atoms with Crippen molar-refractivity contribution in [2.45, 2.75) is 26.3 Å². The molecule has 0 unspecified atom stereocenters. The summed E-state index contributed by atoms with van der Waals surface area (Å²) < 4.78 is 14.9. The summed E-state index contributed by atoms with van der Waals surface area (Å²) in [5.74, 6) is 2.54. The van der Waals surface area contributed by atoms with Crippen LogP contribution in [0, 0.1) is 0 Å². The van der Waals surface area contributed by atoms with Crippen LogP contribution in [0.1, 0.15) is 25.3 Å². The number of hydrogen-bond acceptors (Lipinski definition) is 3. The Morgan fingerprint density at radius 2 is 1.84 bits per heavy atom. The highest BCUT2D eigenvalue weighted by molar-refractivity contribution is 9.10. The summed E-state index contributed by atoms with van der Waals surface area (Å²) in [5, 5.41) is 0. The van der Waals surface area contributed by atoms with Crippen LogP contribution >= 0.6 is 15.9 Å². The molecule has 1 heterocycles. The number of imidazole rings is 1. The monoisotopic (exact) mass is 490 g/mol. The van der Waals surface area contributed by atoms with E-state index in [9.17, 15) is 0 Å². The van der Waals surface area contributed by atoms with Crippen molar-refractivity contribution in [3.05, 3.63) is 82.8 Å². The van der Waals surface area contributed by atoms with Gasteiger partial charge in [0.15, 0.2) is 11.5 Å². The third kappa shape index (κ3) is 5.05. The Balaban J connectivity index is 1.43. The summed E-state index contributed by atoms with van der Waals surface area (Å²) in [6.45, 7) is 3.52. The van der Waals surface area contributed by atoms with Crippen molar-refractivity contribution in [3.8, 4) is 22.9 Å². The largest absolute Gasteiger partial charge is 0.493 e. The van der Waals surface area contributed by atoms with Crippen LogP contribution in [0.15, 0.2) is 77.3 Å². The zero-order valence-electron chi connectivity index (χ0n) is 18.4. The molecule has 0 amide bonds. The third-order valence-electron chi connectivity index (χ3n) is 5.32. The predicted octanol–water partition coefficient (Wildman–Crippen LogP) is 7.37. The van der Waals surface area contributed by atoms with E-state index in [-0.39, 0.29) is 0 Å². The molecule has 0 aliphatic heterocycles. The maximum Gasteiger partial charge on any atom is 0.161 e. The molecule has 0 aliphatic carbocycles. The van der Waals surface area contributed by atoms with Crippen molar-refractivity contribution in [1.29, 1.82) is 0 Å². The fourth-order valence-corrected chi connectivity index (χ4v) is 4.20. The van der Waals surface area contributed by atoms with Gasteiger partial charge in [0.25, 0.3) is 0 Å². The zero-order chi connectivity index (χ0) is 22.3. The molecule has 0 aliphatic rings. The Kier molecular flexibility index (Phi) is 7.28. The first kappa shape index (κ1) is 22.2. The maximum atomic E-state index is 6.02. The molecule has 0 fully saturated rings. The maximum absolute atomic E-state index is 6.02. The van der Waals surface area contributed by atoms with Gasteiger partial charge in [-0.15, -0.1) is 0 Å². The minimum absolute atomic E-state index is 0.637. The Bertz CT molecular complexity index is 1230. The summed E-state index contributed by atoms with van der Waals surface area (Å²) >= 11 is 3.58. The van der Waals surface area contributed by atoms with E-state index in [4.69, 9.17) is 14.5 Å². The van der Waals surface area contributed by atoms with E-state index in [1.165, 1.54) is 0 Å². The van der Waals surface area contributed by atoms with Crippen LogP contribution in [-0.2, 0) is 6.54 Å². The number of allylic oxidation sites excluding steroid dienone is 1. The second-order valence-corrected chi connectivity index (χ2v) is 8.47. The van der Waals surface area contributed by atoms with E-state index in [0.29, 0.717) is 6.61 Å². The van der Waals surface area contributed by atoms with E-state index in [1.807, 2.05) is 55.5 Å². The molecule has 164 valence electrons. The lowest BCUT2D eigenvalue weighted by Crippen LogP contribution is -2.04. The lowest BCUT2D eigenvalue weighted by molar-refractivity contribution is 0.284. The van der Waals surface area contributed by atoms with E-state index >= 15 is 0 Å². The van der Waals surface area contributed by atoms with Crippen LogP contribution < -0.4 is 9.47 Å². The first-order valence-electron chi connectivity index (χ1n) is 10.8. The van der Waals surface area contributed by atoms with Gasteiger partial charge >= 0.3 is 0 Å². The lowest BCUT2D eigenvalue weighted by atomic mass is 10.2. The molecule has 0 bridgehead atoms. The van der Waals surface area contributed by atoms with Crippen molar-refractivity contribution < 1.29 is 9.47 Å². The highest BCUT2D eigenvalue weighted by Crippen LogP contribution is 2.29. The molecule has 4 nitrogen and oxygen atoms in total. The highest BCUT2D eigenvalue weighted by Gasteiger charge is 2.12. The number of aryl methyl sites for hydroxylation is 1. The van der Waals surface area contributed by atoms with Gasteiger partial charge < -0.3 is 14.0 Å². The number of aromatic nitrogens is 2. The van der Waals surface area contributed by atoms with E-state index in [2.05, 4.69) is 50.8 Å². The fraction of sp³-hybridized carbons (Fsp3) is 0.222. The molecule has 0 radical (unpaired) electrons.